The largest absolute Gasteiger partial charge is 0.360 e. The molecule has 0 bridgehead atoms. The number of hydrogen-bond acceptors (Lipinski definition) is 2. The monoisotopic (exact) mass is 616 g/mol. The molecule has 0 spiro atoms. The lowest BCUT2D eigenvalue weighted by atomic mass is 9.85. The van der Waals surface area contributed by atoms with E-state index >= 15 is 0 Å². The van der Waals surface area contributed by atoms with Gasteiger partial charge in [-0.2, -0.15) is 0 Å². The summed E-state index contributed by atoms with van der Waals surface area (Å²) < 4.78 is 0. The second kappa shape index (κ2) is 11.7. The highest BCUT2D eigenvalue weighted by atomic mass is 15.3. The number of rotatable bonds is 6. The molecule has 0 radical (unpaired) electrons. The molecule has 0 saturated carbocycles. The predicted octanol–water partition coefficient (Wildman–Crippen LogP) is 12.5. The van der Waals surface area contributed by atoms with E-state index in [0.717, 1.165) is 13.0 Å². The molecule has 1 aliphatic rings. The number of hydrogen-bond donors (Lipinski definition) is 1. The fourth-order valence-electron chi connectivity index (χ4n) is 7.76. The number of anilines is 2. The van der Waals surface area contributed by atoms with E-state index in [-0.39, 0.29) is 6.17 Å². The van der Waals surface area contributed by atoms with E-state index in [1.165, 1.54) is 82.6 Å². The van der Waals surface area contributed by atoms with Gasteiger partial charge < -0.3 is 10.2 Å². The van der Waals surface area contributed by atoms with Gasteiger partial charge in [-0.3, -0.25) is 0 Å². The van der Waals surface area contributed by atoms with E-state index in [9.17, 15) is 0 Å². The van der Waals surface area contributed by atoms with Crippen molar-refractivity contribution in [1.29, 1.82) is 0 Å². The molecule has 0 aliphatic carbocycles. The third-order valence-electron chi connectivity index (χ3n) is 9.97. The first kappa shape index (κ1) is 28.4. The van der Waals surface area contributed by atoms with Crippen LogP contribution < -0.4 is 10.2 Å². The van der Waals surface area contributed by atoms with Crippen LogP contribution in [0.25, 0.3) is 65.7 Å². The molecule has 1 heterocycles. The molecule has 2 heteroatoms. The zero-order chi connectivity index (χ0) is 32.0. The summed E-state index contributed by atoms with van der Waals surface area (Å²) in [5.41, 5.74) is 11.3. The molecule has 2 nitrogen and oxygen atoms in total. The van der Waals surface area contributed by atoms with Crippen molar-refractivity contribution in [1.82, 2.24) is 0 Å². The van der Waals surface area contributed by atoms with Crippen LogP contribution in [0.3, 0.4) is 0 Å². The van der Waals surface area contributed by atoms with E-state index < -0.39 is 0 Å². The summed E-state index contributed by atoms with van der Waals surface area (Å²) in [4.78, 5) is 2.52. The second-order valence-electron chi connectivity index (χ2n) is 12.9. The van der Waals surface area contributed by atoms with Gasteiger partial charge in [0.05, 0.1) is 11.4 Å². The van der Waals surface area contributed by atoms with Crippen LogP contribution in [0.1, 0.15) is 25.1 Å². The van der Waals surface area contributed by atoms with Crippen LogP contribution in [0.2, 0.25) is 0 Å². The Balaban J connectivity index is 1.17. The summed E-state index contributed by atoms with van der Waals surface area (Å²) in [6.45, 7) is 3.24. The first-order valence-corrected chi connectivity index (χ1v) is 17.0. The Morgan fingerprint density at radius 2 is 1.00 bits per heavy atom. The zero-order valence-electron chi connectivity index (χ0n) is 27.0. The van der Waals surface area contributed by atoms with Gasteiger partial charge in [0.1, 0.15) is 6.17 Å². The van der Waals surface area contributed by atoms with Crippen molar-refractivity contribution in [3.63, 3.8) is 0 Å². The van der Waals surface area contributed by atoms with Crippen LogP contribution in [-0.2, 0) is 0 Å². The van der Waals surface area contributed by atoms with Gasteiger partial charge >= 0.3 is 0 Å². The van der Waals surface area contributed by atoms with Gasteiger partial charge in [0, 0.05) is 6.54 Å². The smallest absolute Gasteiger partial charge is 0.126 e. The normalized spacial score (nSPS) is 14.0. The van der Waals surface area contributed by atoms with E-state index in [0.29, 0.717) is 0 Å². The van der Waals surface area contributed by atoms with Gasteiger partial charge in [-0.15, -0.1) is 0 Å². The minimum absolute atomic E-state index is 0.0868. The molecule has 1 N–H and O–H groups in total. The maximum absolute atomic E-state index is 3.93. The summed E-state index contributed by atoms with van der Waals surface area (Å²) >= 11 is 0. The van der Waals surface area contributed by atoms with Crippen LogP contribution in [0.15, 0.2) is 164 Å². The third kappa shape index (κ3) is 4.72. The molecule has 1 unspecified atom stereocenters. The Bertz CT molecular complexity index is 2390. The van der Waals surface area contributed by atoms with Gasteiger partial charge in [0.2, 0.25) is 0 Å². The van der Waals surface area contributed by atoms with E-state index in [4.69, 9.17) is 0 Å². The molecule has 0 saturated heterocycles. The molecule has 230 valence electrons. The molecule has 0 amide bonds. The molecular formula is C46H36N2. The van der Waals surface area contributed by atoms with Crippen molar-refractivity contribution < 1.29 is 0 Å². The van der Waals surface area contributed by atoms with Crippen LogP contribution >= 0.6 is 0 Å². The van der Waals surface area contributed by atoms with E-state index in [1.54, 1.807) is 0 Å². The highest BCUT2D eigenvalue weighted by Crippen LogP contribution is 2.48. The minimum Gasteiger partial charge on any atom is -0.360 e. The van der Waals surface area contributed by atoms with E-state index in [1.807, 2.05) is 0 Å². The maximum Gasteiger partial charge on any atom is 0.126 e. The highest BCUT2D eigenvalue weighted by molar-refractivity contribution is 6.22. The average Bonchev–Trinajstić information content (AvgIpc) is 3.51. The summed E-state index contributed by atoms with van der Waals surface area (Å²) in [5, 5.41) is 11.6. The highest BCUT2D eigenvalue weighted by Gasteiger charge is 2.30. The number of fused-ring (bicyclic) bond motifs is 4. The Hall–Kier alpha value is -5.86. The number of benzene rings is 8. The Labute approximate surface area is 281 Å². The predicted molar refractivity (Wildman–Crippen MR) is 206 cm³/mol. The first-order chi connectivity index (χ1) is 23.8. The molecule has 0 aromatic heterocycles. The number of nitrogens with zero attached hydrogens (tertiary/aromatic N) is 1. The van der Waals surface area contributed by atoms with Gasteiger partial charge in [0.25, 0.3) is 0 Å². The second-order valence-corrected chi connectivity index (χ2v) is 12.9. The standard InChI is InChI=1S/C46H36N2/c1-2-28-48-43-27-26-37(30-42(43)47-46(48)34-23-20-33(21-24-34)31-12-4-3-5-13-31)45-40-18-10-8-16-38(40)44(39-17-9-11-19-41(39)45)36-25-22-32-14-6-7-15-35(32)29-36/h3-27,29-30,46-47H,2,28H2,1H3. The topological polar surface area (TPSA) is 15.3 Å². The van der Waals surface area contributed by atoms with Crippen molar-refractivity contribution in [3.8, 4) is 33.4 Å². The van der Waals surface area contributed by atoms with Crippen molar-refractivity contribution >= 4 is 43.7 Å². The first-order valence-electron chi connectivity index (χ1n) is 17.0. The Morgan fingerprint density at radius 3 is 1.65 bits per heavy atom. The summed E-state index contributed by atoms with van der Waals surface area (Å²) in [6.07, 6.45) is 1.16. The third-order valence-corrected chi connectivity index (χ3v) is 9.97. The van der Waals surface area contributed by atoms with Crippen LogP contribution in [0, 0.1) is 0 Å². The Kier molecular flexibility index (Phi) is 6.94. The molecule has 48 heavy (non-hydrogen) atoms. The maximum atomic E-state index is 3.93. The van der Waals surface area contributed by atoms with E-state index in [2.05, 4.69) is 181 Å². The number of nitrogens with one attached hydrogen (secondary N) is 1. The Morgan fingerprint density at radius 1 is 0.479 bits per heavy atom. The molecule has 1 aliphatic heterocycles. The SMILES string of the molecule is CCCN1c2ccc(-c3c4ccccc4c(-c4ccc5ccccc5c4)c4ccccc34)cc2NC1c1ccc(-c2ccccc2)cc1. The lowest BCUT2D eigenvalue weighted by Crippen LogP contribution is -2.28. The molecule has 1 atom stereocenters. The summed E-state index contributed by atoms with van der Waals surface area (Å²) in [5.74, 6) is 0. The van der Waals surface area contributed by atoms with Crippen LogP contribution in [-0.4, -0.2) is 6.54 Å². The molecule has 8 aromatic carbocycles. The van der Waals surface area contributed by atoms with Crippen molar-refractivity contribution in [2.24, 2.45) is 0 Å². The van der Waals surface area contributed by atoms with Crippen molar-refractivity contribution in [2.75, 3.05) is 16.8 Å². The van der Waals surface area contributed by atoms with Gasteiger partial charge in [-0.05, 0) is 95.9 Å². The molecular weight excluding hydrogens is 581 g/mol. The average molecular weight is 617 g/mol. The lowest BCUT2D eigenvalue weighted by Gasteiger charge is -2.27. The van der Waals surface area contributed by atoms with Crippen molar-refractivity contribution in [3.05, 3.63) is 169 Å². The molecule has 0 fully saturated rings. The van der Waals surface area contributed by atoms with Crippen molar-refractivity contribution in [2.45, 2.75) is 19.5 Å². The van der Waals surface area contributed by atoms with Crippen LogP contribution in [0.4, 0.5) is 11.4 Å². The summed E-state index contributed by atoms with van der Waals surface area (Å²) in [7, 11) is 0. The minimum atomic E-state index is 0.0868. The molecule has 9 rings (SSSR count). The molecule has 8 aromatic rings. The van der Waals surface area contributed by atoms with Gasteiger partial charge in [0.15, 0.2) is 0 Å². The lowest BCUT2D eigenvalue weighted by molar-refractivity contribution is 0.697. The summed E-state index contributed by atoms with van der Waals surface area (Å²) in [6, 6.07) is 60.1. The quantitative estimate of drug-likeness (QED) is 0.187. The zero-order valence-corrected chi connectivity index (χ0v) is 27.0. The van der Waals surface area contributed by atoms with Gasteiger partial charge in [-0.25, -0.2) is 0 Å². The van der Waals surface area contributed by atoms with Gasteiger partial charge in [-0.1, -0.05) is 153 Å². The fourth-order valence-corrected chi connectivity index (χ4v) is 7.76. The van der Waals surface area contributed by atoms with Crippen LogP contribution in [0.5, 0.6) is 0 Å². The fraction of sp³-hybridized carbons (Fsp3) is 0.0870.